The Balaban J connectivity index is 1.81. The first-order valence-corrected chi connectivity index (χ1v) is 8.20. The number of nitrogens with zero attached hydrogens (tertiary/aromatic N) is 2. The molecule has 0 amide bonds. The molecule has 1 fully saturated rings. The molecular formula is C16H24ClN3S. The number of piperazine rings is 1. The molecule has 0 spiro atoms. The summed E-state index contributed by atoms with van der Waals surface area (Å²) < 4.78 is 0. The monoisotopic (exact) mass is 325 g/mol. The fraction of sp³-hybridized carbons (Fsp3) is 0.562. The van der Waals surface area contributed by atoms with Gasteiger partial charge in [0.25, 0.3) is 0 Å². The van der Waals surface area contributed by atoms with Crippen molar-refractivity contribution in [2.24, 2.45) is 11.1 Å². The predicted molar refractivity (Wildman–Crippen MR) is 95.3 cm³/mol. The zero-order chi connectivity index (χ0) is 15.5. The Labute approximate surface area is 138 Å². The Morgan fingerprint density at radius 1 is 1.19 bits per heavy atom. The maximum absolute atomic E-state index is 5.94. The molecule has 0 saturated carbocycles. The summed E-state index contributed by atoms with van der Waals surface area (Å²) >= 11 is 11.1. The Morgan fingerprint density at radius 3 is 2.29 bits per heavy atom. The average Bonchev–Trinajstić information content (AvgIpc) is 2.46. The van der Waals surface area contributed by atoms with Crippen molar-refractivity contribution in [2.75, 3.05) is 37.6 Å². The van der Waals surface area contributed by atoms with E-state index in [9.17, 15) is 0 Å². The molecule has 21 heavy (non-hydrogen) atoms. The fourth-order valence-corrected chi connectivity index (χ4v) is 2.67. The van der Waals surface area contributed by atoms with Crippen LogP contribution >= 0.6 is 23.8 Å². The van der Waals surface area contributed by atoms with E-state index in [2.05, 4.69) is 35.8 Å². The summed E-state index contributed by atoms with van der Waals surface area (Å²) in [5.74, 6) is 0. The quantitative estimate of drug-likeness (QED) is 0.843. The van der Waals surface area contributed by atoms with Gasteiger partial charge in [0.2, 0.25) is 0 Å². The van der Waals surface area contributed by atoms with E-state index >= 15 is 0 Å². The highest BCUT2D eigenvalue weighted by atomic mass is 35.5. The van der Waals surface area contributed by atoms with E-state index in [0.717, 1.165) is 44.2 Å². The summed E-state index contributed by atoms with van der Waals surface area (Å²) in [6.07, 6.45) is 1.02. The third kappa shape index (κ3) is 4.56. The first kappa shape index (κ1) is 16.5. The smallest absolute Gasteiger partial charge is 0.0784 e. The summed E-state index contributed by atoms with van der Waals surface area (Å²) in [6.45, 7) is 9.56. The molecular weight excluding hydrogens is 302 g/mol. The molecule has 5 heteroatoms. The number of thiocarbonyl (C=S) groups is 1. The zero-order valence-corrected chi connectivity index (χ0v) is 14.4. The fourth-order valence-electron chi connectivity index (χ4n) is 2.44. The first-order chi connectivity index (χ1) is 9.88. The number of rotatable bonds is 5. The standard InChI is InChI=1S/C16H24ClN3S/c1-16(2,15(18)21)7-8-19-9-11-20(12-10-19)14-5-3-13(17)4-6-14/h3-6H,7-12H2,1-2H3,(H2,18,21). The maximum Gasteiger partial charge on any atom is 0.0784 e. The van der Waals surface area contributed by atoms with E-state index < -0.39 is 0 Å². The van der Waals surface area contributed by atoms with Gasteiger partial charge in [-0.2, -0.15) is 0 Å². The molecule has 1 aliphatic rings. The largest absolute Gasteiger partial charge is 0.393 e. The molecule has 116 valence electrons. The van der Waals surface area contributed by atoms with Crippen molar-refractivity contribution < 1.29 is 0 Å². The number of benzene rings is 1. The summed E-state index contributed by atoms with van der Waals surface area (Å²) in [7, 11) is 0. The van der Waals surface area contributed by atoms with Crippen molar-refractivity contribution in [3.63, 3.8) is 0 Å². The van der Waals surface area contributed by atoms with Crippen molar-refractivity contribution in [3.8, 4) is 0 Å². The van der Waals surface area contributed by atoms with Gasteiger partial charge >= 0.3 is 0 Å². The maximum atomic E-state index is 5.94. The second-order valence-corrected chi connectivity index (χ2v) is 7.18. The topological polar surface area (TPSA) is 32.5 Å². The van der Waals surface area contributed by atoms with Crippen molar-refractivity contribution in [3.05, 3.63) is 29.3 Å². The molecule has 0 bridgehead atoms. The Bertz CT molecular complexity index is 479. The molecule has 1 aromatic carbocycles. The number of hydrogen-bond acceptors (Lipinski definition) is 3. The van der Waals surface area contributed by atoms with Gasteiger partial charge in [0.15, 0.2) is 0 Å². The van der Waals surface area contributed by atoms with Crippen LogP contribution in [0, 0.1) is 5.41 Å². The summed E-state index contributed by atoms with van der Waals surface area (Å²) in [4.78, 5) is 5.51. The second kappa shape index (κ2) is 6.95. The highest BCUT2D eigenvalue weighted by molar-refractivity contribution is 7.80. The highest BCUT2D eigenvalue weighted by Crippen LogP contribution is 2.23. The van der Waals surface area contributed by atoms with Gasteiger partial charge in [-0.3, -0.25) is 4.90 Å². The molecule has 0 aromatic heterocycles. The Kier molecular flexibility index (Phi) is 5.47. The molecule has 0 aliphatic carbocycles. The van der Waals surface area contributed by atoms with Gasteiger partial charge in [-0.25, -0.2) is 0 Å². The Hall–Kier alpha value is -0.840. The van der Waals surface area contributed by atoms with E-state index in [4.69, 9.17) is 29.6 Å². The van der Waals surface area contributed by atoms with Gasteiger partial charge in [0.1, 0.15) is 0 Å². The van der Waals surface area contributed by atoms with Crippen LogP contribution in [-0.2, 0) is 0 Å². The van der Waals surface area contributed by atoms with Gasteiger partial charge in [-0.15, -0.1) is 0 Å². The van der Waals surface area contributed by atoms with Crippen LogP contribution in [-0.4, -0.2) is 42.6 Å². The van der Waals surface area contributed by atoms with E-state index in [1.165, 1.54) is 5.69 Å². The first-order valence-electron chi connectivity index (χ1n) is 7.41. The van der Waals surface area contributed by atoms with Crippen LogP contribution in [0.2, 0.25) is 5.02 Å². The number of anilines is 1. The molecule has 2 rings (SSSR count). The van der Waals surface area contributed by atoms with Gasteiger partial charge in [0, 0.05) is 42.3 Å². The molecule has 1 aliphatic heterocycles. The SMILES string of the molecule is CC(C)(CCN1CCN(c2ccc(Cl)cc2)CC1)C(N)=S. The lowest BCUT2D eigenvalue weighted by atomic mass is 9.89. The van der Waals surface area contributed by atoms with Crippen LogP contribution in [0.3, 0.4) is 0 Å². The van der Waals surface area contributed by atoms with E-state index in [1.807, 2.05) is 12.1 Å². The van der Waals surface area contributed by atoms with Crippen molar-refractivity contribution in [1.29, 1.82) is 0 Å². The van der Waals surface area contributed by atoms with Crippen molar-refractivity contribution >= 4 is 34.5 Å². The van der Waals surface area contributed by atoms with Crippen molar-refractivity contribution in [2.45, 2.75) is 20.3 Å². The third-order valence-corrected chi connectivity index (χ3v) is 5.09. The average molecular weight is 326 g/mol. The molecule has 1 heterocycles. The van der Waals surface area contributed by atoms with Crippen LogP contribution in [0.25, 0.3) is 0 Å². The molecule has 1 saturated heterocycles. The summed E-state index contributed by atoms with van der Waals surface area (Å²) in [5.41, 5.74) is 6.99. The van der Waals surface area contributed by atoms with Crippen molar-refractivity contribution in [1.82, 2.24) is 4.90 Å². The van der Waals surface area contributed by atoms with E-state index in [-0.39, 0.29) is 5.41 Å². The Morgan fingerprint density at radius 2 is 1.76 bits per heavy atom. The minimum atomic E-state index is -0.0529. The lowest BCUT2D eigenvalue weighted by molar-refractivity contribution is 0.233. The molecule has 1 aromatic rings. The van der Waals surface area contributed by atoms with Gasteiger partial charge in [-0.05, 0) is 37.2 Å². The van der Waals surface area contributed by atoms with Crippen LogP contribution in [0.4, 0.5) is 5.69 Å². The normalized spacial score (nSPS) is 17.0. The second-order valence-electron chi connectivity index (χ2n) is 6.30. The van der Waals surface area contributed by atoms with Gasteiger partial charge in [0.05, 0.1) is 4.99 Å². The lowest BCUT2D eigenvalue weighted by Crippen LogP contribution is -2.47. The van der Waals surface area contributed by atoms with Crippen LogP contribution in [0.15, 0.2) is 24.3 Å². The minimum Gasteiger partial charge on any atom is -0.393 e. The lowest BCUT2D eigenvalue weighted by Gasteiger charge is -2.37. The summed E-state index contributed by atoms with van der Waals surface area (Å²) in [5, 5.41) is 0.789. The van der Waals surface area contributed by atoms with Crippen LogP contribution in [0.5, 0.6) is 0 Å². The number of halogens is 1. The molecule has 0 atom stereocenters. The van der Waals surface area contributed by atoms with Crippen LogP contribution < -0.4 is 10.6 Å². The molecule has 3 nitrogen and oxygen atoms in total. The number of hydrogen-bond donors (Lipinski definition) is 1. The molecule has 2 N–H and O–H groups in total. The third-order valence-electron chi connectivity index (χ3n) is 4.28. The van der Waals surface area contributed by atoms with E-state index in [0.29, 0.717) is 4.99 Å². The molecule has 0 unspecified atom stereocenters. The number of nitrogens with two attached hydrogens (primary N) is 1. The molecule has 0 radical (unpaired) electrons. The zero-order valence-electron chi connectivity index (χ0n) is 12.8. The van der Waals surface area contributed by atoms with Crippen LogP contribution in [0.1, 0.15) is 20.3 Å². The van der Waals surface area contributed by atoms with Gasteiger partial charge < -0.3 is 10.6 Å². The van der Waals surface area contributed by atoms with E-state index in [1.54, 1.807) is 0 Å². The predicted octanol–water partition coefficient (Wildman–Crippen LogP) is 3.16. The highest BCUT2D eigenvalue weighted by Gasteiger charge is 2.24. The summed E-state index contributed by atoms with van der Waals surface area (Å²) in [6, 6.07) is 8.09. The van der Waals surface area contributed by atoms with Gasteiger partial charge in [-0.1, -0.05) is 37.7 Å². The minimum absolute atomic E-state index is 0.0529.